The molecule has 4 rings (SSSR count). The molecule has 6 heteroatoms. The molecule has 1 amide bonds. The number of para-hydroxylation sites is 1. The van der Waals surface area contributed by atoms with Gasteiger partial charge < -0.3 is 14.9 Å². The molecule has 3 heterocycles. The Morgan fingerprint density at radius 1 is 1.15 bits per heavy atom. The van der Waals surface area contributed by atoms with Gasteiger partial charge >= 0.3 is 5.97 Å². The highest BCUT2D eigenvalue weighted by Crippen LogP contribution is 2.36. The Kier molecular flexibility index (Phi) is 4.56. The Bertz CT molecular complexity index is 882. The highest BCUT2D eigenvalue weighted by Gasteiger charge is 2.33. The lowest BCUT2D eigenvalue weighted by Gasteiger charge is -2.32. The maximum absolute atomic E-state index is 13.2. The lowest BCUT2D eigenvalue weighted by atomic mass is 9.89. The van der Waals surface area contributed by atoms with Crippen LogP contribution in [0.5, 0.6) is 0 Å². The normalized spacial score (nSPS) is 21.8. The van der Waals surface area contributed by atoms with E-state index in [1.807, 2.05) is 24.3 Å². The molecule has 0 aliphatic carbocycles. The number of benzene rings is 1. The minimum Gasteiger partial charge on any atom is -0.481 e. The van der Waals surface area contributed by atoms with Crippen molar-refractivity contribution in [1.29, 1.82) is 0 Å². The zero-order valence-corrected chi connectivity index (χ0v) is 15.3. The fourth-order valence-electron chi connectivity index (χ4n) is 4.05. The highest BCUT2D eigenvalue weighted by atomic mass is 16.4. The molecule has 2 aliphatic rings. The number of anilines is 2. The molecule has 1 aromatic heterocycles. The van der Waals surface area contributed by atoms with Crippen molar-refractivity contribution >= 4 is 23.4 Å². The molecular formula is C21H23N3O3. The number of nitrogens with zero attached hydrogens (tertiary/aromatic N) is 3. The second-order valence-electron chi connectivity index (χ2n) is 7.44. The third-order valence-corrected chi connectivity index (χ3v) is 5.53. The molecule has 2 atom stereocenters. The van der Waals surface area contributed by atoms with Gasteiger partial charge in [0.2, 0.25) is 0 Å². The number of aromatic nitrogens is 1. The summed E-state index contributed by atoms with van der Waals surface area (Å²) in [6.07, 6.45) is 3.23. The van der Waals surface area contributed by atoms with E-state index in [4.69, 9.17) is 0 Å². The Morgan fingerprint density at radius 2 is 1.96 bits per heavy atom. The maximum Gasteiger partial charge on any atom is 0.311 e. The smallest absolute Gasteiger partial charge is 0.311 e. The van der Waals surface area contributed by atoms with Crippen LogP contribution >= 0.6 is 0 Å². The van der Waals surface area contributed by atoms with E-state index in [-0.39, 0.29) is 5.91 Å². The van der Waals surface area contributed by atoms with Crippen molar-refractivity contribution < 1.29 is 14.7 Å². The van der Waals surface area contributed by atoms with Crippen molar-refractivity contribution in [1.82, 2.24) is 4.98 Å². The lowest BCUT2D eigenvalue weighted by Crippen LogP contribution is -2.38. The number of fused-ring (bicyclic) bond motifs is 1. The van der Waals surface area contributed by atoms with Gasteiger partial charge in [-0.25, -0.2) is 4.98 Å². The van der Waals surface area contributed by atoms with Crippen LogP contribution in [-0.2, 0) is 4.79 Å². The standard InChI is InChI=1S/C21H23N3O3/c1-14-7-10-23(13-14)19-12-15(6-9-22-19)20(25)24-11-8-17(21(26)27)16-4-2-3-5-18(16)24/h2-6,9,12,14,17H,7-8,10-11,13H2,1H3,(H,26,27). The quantitative estimate of drug-likeness (QED) is 0.904. The van der Waals surface area contributed by atoms with Crippen molar-refractivity contribution in [2.75, 3.05) is 29.4 Å². The van der Waals surface area contributed by atoms with E-state index in [0.29, 0.717) is 35.7 Å². The summed E-state index contributed by atoms with van der Waals surface area (Å²) in [5, 5.41) is 9.49. The number of pyridine rings is 1. The Morgan fingerprint density at radius 3 is 2.70 bits per heavy atom. The van der Waals surface area contributed by atoms with Gasteiger partial charge in [0.05, 0.1) is 5.92 Å². The van der Waals surface area contributed by atoms with Crippen LogP contribution in [0.4, 0.5) is 11.5 Å². The highest BCUT2D eigenvalue weighted by molar-refractivity contribution is 6.07. The van der Waals surface area contributed by atoms with E-state index in [1.54, 1.807) is 23.2 Å². The average molecular weight is 365 g/mol. The van der Waals surface area contributed by atoms with Gasteiger partial charge in [0.1, 0.15) is 5.82 Å². The summed E-state index contributed by atoms with van der Waals surface area (Å²) in [6.45, 7) is 4.53. The summed E-state index contributed by atoms with van der Waals surface area (Å²) in [4.78, 5) is 33.1. The molecule has 0 bridgehead atoms. The zero-order chi connectivity index (χ0) is 19.0. The van der Waals surface area contributed by atoms with E-state index in [0.717, 1.165) is 25.3 Å². The van der Waals surface area contributed by atoms with Crippen molar-refractivity contribution in [2.24, 2.45) is 5.92 Å². The molecule has 1 aromatic carbocycles. The molecule has 140 valence electrons. The summed E-state index contributed by atoms with van der Waals surface area (Å²) < 4.78 is 0. The number of amides is 1. The van der Waals surface area contributed by atoms with Crippen LogP contribution in [-0.4, -0.2) is 41.6 Å². The molecule has 1 N–H and O–H groups in total. The van der Waals surface area contributed by atoms with Crippen molar-refractivity contribution in [3.8, 4) is 0 Å². The molecule has 0 radical (unpaired) electrons. The Balaban J connectivity index is 1.63. The summed E-state index contributed by atoms with van der Waals surface area (Å²) in [5.74, 6) is -0.0533. The predicted octanol–water partition coefficient (Wildman–Crippen LogP) is 3.15. The van der Waals surface area contributed by atoms with Crippen molar-refractivity contribution in [2.45, 2.75) is 25.7 Å². The summed E-state index contributed by atoms with van der Waals surface area (Å²) in [6, 6.07) is 10.9. The van der Waals surface area contributed by atoms with Gasteiger partial charge in [-0.1, -0.05) is 25.1 Å². The second kappa shape index (κ2) is 7.02. The molecule has 1 fully saturated rings. The first-order chi connectivity index (χ1) is 13.0. The van der Waals surface area contributed by atoms with E-state index in [1.165, 1.54) is 0 Å². The van der Waals surface area contributed by atoms with Gasteiger partial charge in [0, 0.05) is 37.1 Å². The van der Waals surface area contributed by atoms with Crippen molar-refractivity contribution in [3.63, 3.8) is 0 Å². The number of carbonyl (C=O) groups excluding carboxylic acids is 1. The van der Waals surface area contributed by atoms with Gasteiger partial charge in [-0.2, -0.15) is 0 Å². The largest absolute Gasteiger partial charge is 0.481 e. The number of rotatable bonds is 3. The van der Waals surface area contributed by atoms with E-state index < -0.39 is 11.9 Å². The van der Waals surface area contributed by atoms with Crippen LogP contribution in [0.25, 0.3) is 0 Å². The van der Waals surface area contributed by atoms with E-state index >= 15 is 0 Å². The molecular weight excluding hydrogens is 342 g/mol. The summed E-state index contributed by atoms with van der Waals surface area (Å²) in [7, 11) is 0. The van der Waals surface area contributed by atoms with Crippen LogP contribution < -0.4 is 9.80 Å². The van der Waals surface area contributed by atoms with Gasteiger partial charge in [-0.05, 0) is 42.5 Å². The number of hydrogen-bond acceptors (Lipinski definition) is 4. The van der Waals surface area contributed by atoms with Crippen LogP contribution in [0, 0.1) is 5.92 Å². The number of carboxylic acids is 1. The van der Waals surface area contributed by atoms with E-state index in [2.05, 4.69) is 16.8 Å². The molecule has 2 aromatic rings. The molecule has 2 aliphatic heterocycles. The molecule has 1 saturated heterocycles. The van der Waals surface area contributed by atoms with Crippen LogP contribution in [0.1, 0.15) is 41.6 Å². The van der Waals surface area contributed by atoms with Crippen LogP contribution in [0.3, 0.4) is 0 Å². The van der Waals surface area contributed by atoms with E-state index in [9.17, 15) is 14.7 Å². The third-order valence-electron chi connectivity index (χ3n) is 5.53. The van der Waals surface area contributed by atoms with Crippen LogP contribution in [0.15, 0.2) is 42.6 Å². The molecule has 0 spiro atoms. The number of aliphatic carboxylic acids is 1. The zero-order valence-electron chi connectivity index (χ0n) is 15.3. The first-order valence-electron chi connectivity index (χ1n) is 9.39. The number of carbonyl (C=O) groups is 2. The van der Waals surface area contributed by atoms with Crippen molar-refractivity contribution in [3.05, 3.63) is 53.7 Å². The number of carboxylic acid groups (broad SMARTS) is 1. The third kappa shape index (κ3) is 3.27. The molecule has 0 saturated carbocycles. The fourth-order valence-corrected chi connectivity index (χ4v) is 4.05. The van der Waals surface area contributed by atoms with Gasteiger partial charge in [0.15, 0.2) is 0 Å². The summed E-state index contributed by atoms with van der Waals surface area (Å²) in [5.41, 5.74) is 1.98. The summed E-state index contributed by atoms with van der Waals surface area (Å²) >= 11 is 0. The van der Waals surface area contributed by atoms with Gasteiger partial charge in [0.25, 0.3) is 5.91 Å². The minimum atomic E-state index is -0.844. The van der Waals surface area contributed by atoms with Crippen LogP contribution in [0.2, 0.25) is 0 Å². The maximum atomic E-state index is 13.2. The fraction of sp³-hybridized carbons (Fsp3) is 0.381. The Hall–Kier alpha value is -2.89. The number of hydrogen-bond donors (Lipinski definition) is 1. The average Bonchev–Trinajstić information content (AvgIpc) is 3.13. The molecule has 2 unspecified atom stereocenters. The molecule has 6 nitrogen and oxygen atoms in total. The van der Waals surface area contributed by atoms with Gasteiger partial charge in [-0.15, -0.1) is 0 Å². The Labute approximate surface area is 158 Å². The minimum absolute atomic E-state index is 0.109. The predicted molar refractivity (Wildman–Crippen MR) is 103 cm³/mol. The van der Waals surface area contributed by atoms with Gasteiger partial charge in [-0.3, -0.25) is 9.59 Å². The second-order valence-corrected chi connectivity index (χ2v) is 7.44. The SMILES string of the molecule is CC1CCN(c2cc(C(=O)N3CCC(C(=O)O)c4ccccc43)ccn2)C1. The first-order valence-corrected chi connectivity index (χ1v) is 9.39. The topological polar surface area (TPSA) is 73.7 Å². The lowest BCUT2D eigenvalue weighted by molar-refractivity contribution is -0.139. The monoisotopic (exact) mass is 365 g/mol. The molecule has 27 heavy (non-hydrogen) atoms. The first kappa shape index (κ1) is 17.5.